The number of fused-ring (bicyclic) bond motifs is 3. The molecule has 1 N–H and O–H groups in total. The Morgan fingerprint density at radius 3 is 2.54 bits per heavy atom. The molecule has 1 atom stereocenters. The van der Waals surface area contributed by atoms with Crippen LogP contribution < -0.4 is 5.32 Å². The number of aromatic nitrogens is 2. The molecule has 1 amide bonds. The molecule has 2 aromatic carbocycles. The Balaban J connectivity index is 2.00. The number of hydrogen-bond acceptors (Lipinski definition) is 3. The minimum Gasteiger partial charge on any atom is -0.345 e. The molecule has 2 heterocycles. The summed E-state index contributed by atoms with van der Waals surface area (Å²) in [6.45, 7) is 1.94. The summed E-state index contributed by atoms with van der Waals surface area (Å²) < 4.78 is 3.12. The average Bonchev–Trinajstić information content (AvgIpc) is 2.98. The standard InChI is InChI=1S/C20H19BrN4O/c1-12-17(19(26)24(2)3)18(13-8-10-14(21)11-9-13)25-16-7-5-4-6-15(16)23-20(25)22-12/h4-11,18H,1-3H3,(H,22,23)/t18-/m0/s1. The zero-order chi connectivity index (χ0) is 18.4. The van der Waals surface area contributed by atoms with Gasteiger partial charge >= 0.3 is 0 Å². The van der Waals surface area contributed by atoms with E-state index in [9.17, 15) is 4.79 Å². The maximum absolute atomic E-state index is 13.0. The highest BCUT2D eigenvalue weighted by atomic mass is 79.9. The molecule has 1 aliphatic rings. The molecule has 4 rings (SSSR count). The summed E-state index contributed by atoms with van der Waals surface area (Å²) in [4.78, 5) is 19.4. The van der Waals surface area contributed by atoms with Gasteiger partial charge in [0.1, 0.15) is 0 Å². The molecule has 6 heteroatoms. The van der Waals surface area contributed by atoms with Gasteiger partial charge in [0.25, 0.3) is 5.91 Å². The third kappa shape index (κ3) is 2.61. The summed E-state index contributed by atoms with van der Waals surface area (Å²) in [7, 11) is 3.56. The van der Waals surface area contributed by atoms with Crippen molar-refractivity contribution in [2.75, 3.05) is 19.4 Å². The van der Waals surface area contributed by atoms with Gasteiger partial charge in [0.15, 0.2) is 0 Å². The molecule has 0 saturated heterocycles. The molecule has 0 fully saturated rings. The lowest BCUT2D eigenvalue weighted by Gasteiger charge is -2.32. The fourth-order valence-corrected chi connectivity index (χ4v) is 3.71. The summed E-state index contributed by atoms with van der Waals surface area (Å²) in [5, 5.41) is 3.32. The van der Waals surface area contributed by atoms with Crippen molar-refractivity contribution in [1.82, 2.24) is 14.5 Å². The number of carbonyl (C=O) groups excluding carboxylic acids is 1. The Kier molecular flexibility index (Phi) is 4.07. The molecule has 26 heavy (non-hydrogen) atoms. The van der Waals surface area contributed by atoms with E-state index in [0.29, 0.717) is 0 Å². The molecule has 0 bridgehead atoms. The van der Waals surface area contributed by atoms with Crippen LogP contribution in [0.3, 0.4) is 0 Å². The van der Waals surface area contributed by atoms with Gasteiger partial charge in [-0.15, -0.1) is 0 Å². The van der Waals surface area contributed by atoms with Gasteiger partial charge in [0.05, 0.1) is 22.6 Å². The van der Waals surface area contributed by atoms with Gasteiger partial charge in [-0.3, -0.25) is 9.36 Å². The smallest absolute Gasteiger partial charge is 0.253 e. The van der Waals surface area contributed by atoms with Crippen LogP contribution >= 0.6 is 15.9 Å². The number of hydrogen-bond donors (Lipinski definition) is 1. The molecule has 1 aliphatic heterocycles. The number of amides is 1. The van der Waals surface area contributed by atoms with E-state index >= 15 is 0 Å². The Labute approximate surface area is 160 Å². The number of nitrogens with zero attached hydrogens (tertiary/aromatic N) is 3. The van der Waals surface area contributed by atoms with Crippen LogP contribution in [-0.4, -0.2) is 34.5 Å². The number of rotatable bonds is 2. The van der Waals surface area contributed by atoms with Crippen LogP contribution in [0.15, 0.2) is 64.3 Å². The number of imidazole rings is 1. The van der Waals surface area contributed by atoms with Crippen molar-refractivity contribution in [3.63, 3.8) is 0 Å². The van der Waals surface area contributed by atoms with E-state index in [2.05, 4.69) is 37.9 Å². The zero-order valence-electron chi connectivity index (χ0n) is 14.8. The van der Waals surface area contributed by atoms with Gasteiger partial charge < -0.3 is 10.2 Å². The molecule has 1 aromatic heterocycles. The summed E-state index contributed by atoms with van der Waals surface area (Å²) >= 11 is 3.49. The number of likely N-dealkylation sites (N-methyl/N-ethyl adjacent to an activating group) is 1. The zero-order valence-corrected chi connectivity index (χ0v) is 16.4. The van der Waals surface area contributed by atoms with Gasteiger partial charge in [-0.1, -0.05) is 40.2 Å². The number of para-hydroxylation sites is 2. The molecule has 3 aromatic rings. The van der Waals surface area contributed by atoms with Gasteiger partial charge in [0, 0.05) is 24.3 Å². The van der Waals surface area contributed by atoms with Gasteiger partial charge in [0.2, 0.25) is 5.95 Å². The second kappa shape index (κ2) is 6.29. The maximum atomic E-state index is 13.0. The van der Waals surface area contributed by atoms with Crippen LogP contribution in [0.1, 0.15) is 18.5 Å². The molecule has 0 aliphatic carbocycles. The normalized spacial score (nSPS) is 16.4. The second-order valence-electron chi connectivity index (χ2n) is 6.61. The van der Waals surface area contributed by atoms with E-state index in [1.807, 2.05) is 43.3 Å². The summed E-state index contributed by atoms with van der Waals surface area (Å²) in [6, 6.07) is 15.9. The van der Waals surface area contributed by atoms with Crippen molar-refractivity contribution in [1.29, 1.82) is 0 Å². The highest BCUT2D eigenvalue weighted by Crippen LogP contribution is 2.39. The summed E-state index contributed by atoms with van der Waals surface area (Å²) in [6.07, 6.45) is 0. The van der Waals surface area contributed by atoms with Crippen molar-refractivity contribution in [3.8, 4) is 0 Å². The van der Waals surface area contributed by atoms with E-state index in [-0.39, 0.29) is 11.9 Å². The molecular formula is C20H19BrN4O. The largest absolute Gasteiger partial charge is 0.345 e. The molecule has 0 unspecified atom stereocenters. The first-order valence-electron chi connectivity index (χ1n) is 8.39. The number of allylic oxidation sites excluding steroid dienone is 1. The van der Waals surface area contributed by atoms with Gasteiger partial charge in [-0.25, -0.2) is 4.98 Å². The Bertz CT molecular complexity index is 1030. The van der Waals surface area contributed by atoms with Crippen LogP contribution in [0.5, 0.6) is 0 Å². The van der Waals surface area contributed by atoms with Crippen LogP contribution in [0.25, 0.3) is 11.0 Å². The number of nitrogens with one attached hydrogen (secondary N) is 1. The summed E-state index contributed by atoms with van der Waals surface area (Å²) in [5.74, 6) is 0.748. The second-order valence-corrected chi connectivity index (χ2v) is 7.53. The van der Waals surface area contributed by atoms with Gasteiger partial charge in [-0.05, 0) is 36.8 Å². The first kappa shape index (κ1) is 16.8. The van der Waals surface area contributed by atoms with Crippen molar-refractivity contribution in [3.05, 3.63) is 69.8 Å². The van der Waals surface area contributed by atoms with Crippen molar-refractivity contribution in [2.24, 2.45) is 0 Å². The minimum atomic E-state index is -0.235. The van der Waals surface area contributed by atoms with Crippen LogP contribution in [0.2, 0.25) is 0 Å². The first-order chi connectivity index (χ1) is 12.5. The lowest BCUT2D eigenvalue weighted by atomic mass is 9.94. The number of carbonyl (C=O) groups is 1. The monoisotopic (exact) mass is 410 g/mol. The van der Waals surface area contributed by atoms with E-state index in [0.717, 1.165) is 38.3 Å². The molecule has 0 saturated carbocycles. The van der Waals surface area contributed by atoms with Crippen molar-refractivity contribution >= 4 is 38.8 Å². The number of halogens is 1. The van der Waals surface area contributed by atoms with Gasteiger partial charge in [-0.2, -0.15) is 0 Å². The summed E-state index contributed by atoms with van der Waals surface area (Å²) in [5.41, 5.74) is 4.51. The number of anilines is 1. The number of benzene rings is 2. The van der Waals surface area contributed by atoms with Crippen LogP contribution in [0, 0.1) is 0 Å². The van der Waals surface area contributed by atoms with E-state index in [1.54, 1.807) is 19.0 Å². The van der Waals surface area contributed by atoms with E-state index < -0.39 is 0 Å². The van der Waals surface area contributed by atoms with Crippen LogP contribution in [0.4, 0.5) is 5.95 Å². The van der Waals surface area contributed by atoms with E-state index in [1.165, 1.54) is 0 Å². The SMILES string of the molecule is CC1=C(C(=O)N(C)C)[C@H](c2ccc(Br)cc2)n2c(nc3ccccc32)N1. The molecule has 0 spiro atoms. The highest BCUT2D eigenvalue weighted by Gasteiger charge is 2.34. The predicted molar refractivity (Wildman–Crippen MR) is 107 cm³/mol. The quantitative estimate of drug-likeness (QED) is 0.689. The highest BCUT2D eigenvalue weighted by molar-refractivity contribution is 9.10. The van der Waals surface area contributed by atoms with Crippen molar-refractivity contribution < 1.29 is 4.79 Å². The Morgan fingerprint density at radius 2 is 1.85 bits per heavy atom. The molecule has 0 radical (unpaired) electrons. The average molecular weight is 411 g/mol. The molecule has 132 valence electrons. The molecular weight excluding hydrogens is 392 g/mol. The Morgan fingerprint density at radius 1 is 1.15 bits per heavy atom. The Hall–Kier alpha value is -2.60. The molecule has 5 nitrogen and oxygen atoms in total. The fraction of sp³-hybridized carbons (Fsp3) is 0.200. The fourth-order valence-electron chi connectivity index (χ4n) is 3.44. The maximum Gasteiger partial charge on any atom is 0.253 e. The lowest BCUT2D eigenvalue weighted by molar-refractivity contribution is -0.125. The topological polar surface area (TPSA) is 50.2 Å². The minimum absolute atomic E-state index is 0.00801. The lowest BCUT2D eigenvalue weighted by Crippen LogP contribution is -2.34. The third-order valence-electron chi connectivity index (χ3n) is 4.65. The van der Waals surface area contributed by atoms with Crippen LogP contribution in [-0.2, 0) is 4.79 Å². The third-order valence-corrected chi connectivity index (χ3v) is 5.18. The first-order valence-corrected chi connectivity index (χ1v) is 9.18. The van der Waals surface area contributed by atoms with Crippen molar-refractivity contribution in [2.45, 2.75) is 13.0 Å². The van der Waals surface area contributed by atoms with E-state index in [4.69, 9.17) is 4.98 Å². The predicted octanol–water partition coefficient (Wildman–Crippen LogP) is 4.18.